The Bertz CT molecular complexity index is 592. The van der Waals surface area contributed by atoms with Crippen molar-refractivity contribution in [2.45, 2.75) is 19.3 Å². The second kappa shape index (κ2) is 4.57. The minimum atomic E-state index is 0.00387. The first kappa shape index (κ1) is 11.5. The van der Waals surface area contributed by atoms with E-state index in [1.807, 2.05) is 6.07 Å². The van der Waals surface area contributed by atoms with Gasteiger partial charge in [0.15, 0.2) is 0 Å². The Morgan fingerprint density at radius 3 is 2.94 bits per heavy atom. The minimum absolute atomic E-state index is 0.00387. The molecule has 0 aromatic carbocycles. The molecule has 0 aliphatic carbocycles. The molecule has 96 valence electrons. The van der Waals surface area contributed by atoms with Crippen LogP contribution in [0.25, 0.3) is 5.65 Å². The zero-order valence-corrected chi connectivity index (χ0v) is 10.6. The first-order valence-electron chi connectivity index (χ1n) is 6.47. The van der Waals surface area contributed by atoms with Crippen molar-refractivity contribution in [1.29, 1.82) is 0 Å². The Kier molecular flexibility index (Phi) is 2.91. The van der Waals surface area contributed by atoms with Crippen molar-refractivity contribution in [3.8, 4) is 0 Å². The van der Waals surface area contributed by atoms with E-state index in [4.69, 9.17) is 0 Å². The molecule has 1 fully saturated rings. The van der Waals surface area contributed by atoms with E-state index in [1.54, 1.807) is 16.5 Å². The first-order chi connectivity index (χ1) is 8.74. The fourth-order valence-corrected chi connectivity index (χ4v) is 2.68. The molecule has 0 atom stereocenters. The molecule has 0 saturated carbocycles. The summed E-state index contributed by atoms with van der Waals surface area (Å²) in [5.74, 6) is 1.50. The van der Waals surface area contributed by atoms with E-state index >= 15 is 0 Å². The number of piperidine rings is 1. The number of likely N-dealkylation sites (tertiary alicyclic amines) is 1. The number of hydrogen-bond donors (Lipinski definition) is 1. The minimum Gasteiger partial charge on any atom is -0.306 e. The largest absolute Gasteiger partial charge is 0.306 e. The predicted octanol–water partition coefficient (Wildman–Crippen LogP) is 0.907. The highest BCUT2D eigenvalue weighted by Crippen LogP contribution is 2.19. The summed E-state index contributed by atoms with van der Waals surface area (Å²) in [7, 11) is 2.16. The maximum Gasteiger partial charge on any atom is 0.257 e. The molecule has 1 N–H and O–H groups in total. The van der Waals surface area contributed by atoms with E-state index in [0.717, 1.165) is 31.0 Å². The van der Waals surface area contributed by atoms with Gasteiger partial charge in [0.1, 0.15) is 11.5 Å². The molecule has 0 amide bonds. The summed E-state index contributed by atoms with van der Waals surface area (Å²) in [6.45, 7) is 2.28. The molecule has 2 aromatic heterocycles. The van der Waals surface area contributed by atoms with Crippen LogP contribution < -0.4 is 5.56 Å². The number of rotatable bonds is 2. The Morgan fingerprint density at radius 2 is 2.17 bits per heavy atom. The van der Waals surface area contributed by atoms with Crippen LogP contribution in [0.1, 0.15) is 18.7 Å². The molecular formula is C13H18N4O. The molecule has 2 aromatic rings. The maximum absolute atomic E-state index is 11.8. The summed E-state index contributed by atoms with van der Waals surface area (Å²) in [6, 6.07) is 5.22. The van der Waals surface area contributed by atoms with Gasteiger partial charge in [-0.2, -0.15) is 5.10 Å². The number of hydrogen-bond acceptors (Lipinski definition) is 3. The van der Waals surface area contributed by atoms with Gasteiger partial charge in [-0.15, -0.1) is 0 Å². The van der Waals surface area contributed by atoms with Gasteiger partial charge in [-0.05, 0) is 45.0 Å². The van der Waals surface area contributed by atoms with Crippen LogP contribution in [0, 0.1) is 5.92 Å². The number of aromatic amines is 1. The van der Waals surface area contributed by atoms with Crippen molar-refractivity contribution < 1.29 is 0 Å². The standard InChI is InChI=1S/C13H18N4O/c1-16-7-5-10(6-8-16)9-12-15-14-11-3-2-4-13(18)17(11)12/h2-4,10,14H,5-9H2,1H3. The molecule has 0 spiro atoms. The van der Waals surface area contributed by atoms with E-state index in [1.165, 1.54) is 12.8 Å². The van der Waals surface area contributed by atoms with Crippen LogP contribution in [-0.4, -0.2) is 39.6 Å². The highest BCUT2D eigenvalue weighted by atomic mass is 16.1. The average Bonchev–Trinajstić information content (AvgIpc) is 2.77. The van der Waals surface area contributed by atoms with E-state index in [-0.39, 0.29) is 5.56 Å². The van der Waals surface area contributed by atoms with Gasteiger partial charge < -0.3 is 4.90 Å². The van der Waals surface area contributed by atoms with Crippen molar-refractivity contribution >= 4 is 5.65 Å². The van der Waals surface area contributed by atoms with Crippen LogP contribution in [0.3, 0.4) is 0 Å². The van der Waals surface area contributed by atoms with Crippen LogP contribution in [0.2, 0.25) is 0 Å². The third kappa shape index (κ3) is 2.06. The predicted molar refractivity (Wildman–Crippen MR) is 69.7 cm³/mol. The number of pyridine rings is 1. The number of fused-ring (bicyclic) bond motifs is 1. The second-order valence-electron chi connectivity index (χ2n) is 5.18. The molecular weight excluding hydrogens is 228 g/mol. The summed E-state index contributed by atoms with van der Waals surface area (Å²) < 4.78 is 1.69. The van der Waals surface area contributed by atoms with Gasteiger partial charge in [0.2, 0.25) is 0 Å². The second-order valence-corrected chi connectivity index (χ2v) is 5.18. The normalized spacial score (nSPS) is 18.5. The zero-order valence-electron chi connectivity index (χ0n) is 10.6. The first-order valence-corrected chi connectivity index (χ1v) is 6.47. The molecule has 1 saturated heterocycles. The summed E-state index contributed by atoms with van der Waals surface area (Å²) in [5.41, 5.74) is 0.787. The number of aromatic nitrogens is 3. The molecule has 1 aliphatic heterocycles. The molecule has 0 radical (unpaired) electrons. The Morgan fingerprint density at radius 1 is 1.39 bits per heavy atom. The molecule has 3 rings (SSSR count). The van der Waals surface area contributed by atoms with Crippen molar-refractivity contribution in [2.24, 2.45) is 5.92 Å². The Hall–Kier alpha value is -1.62. The third-order valence-corrected chi connectivity index (χ3v) is 3.82. The fourth-order valence-electron chi connectivity index (χ4n) is 2.68. The summed E-state index contributed by atoms with van der Waals surface area (Å²) in [5, 5.41) is 7.22. The maximum atomic E-state index is 11.8. The molecule has 5 nitrogen and oxygen atoms in total. The zero-order chi connectivity index (χ0) is 12.5. The van der Waals surface area contributed by atoms with Gasteiger partial charge in [0, 0.05) is 12.5 Å². The highest BCUT2D eigenvalue weighted by Gasteiger charge is 2.19. The quantitative estimate of drug-likeness (QED) is 0.857. The SMILES string of the molecule is CN1CCC(Cc2n[nH]c3cccc(=O)n23)CC1. The molecule has 18 heavy (non-hydrogen) atoms. The van der Waals surface area contributed by atoms with Crippen molar-refractivity contribution in [1.82, 2.24) is 19.5 Å². The molecule has 3 heterocycles. The Labute approximate surface area is 105 Å². The van der Waals surface area contributed by atoms with E-state index in [2.05, 4.69) is 22.1 Å². The van der Waals surface area contributed by atoms with E-state index in [0.29, 0.717) is 5.92 Å². The lowest BCUT2D eigenvalue weighted by molar-refractivity contribution is 0.217. The summed E-state index contributed by atoms with van der Waals surface area (Å²) in [4.78, 5) is 14.2. The van der Waals surface area contributed by atoms with Crippen LogP contribution in [0.5, 0.6) is 0 Å². The smallest absolute Gasteiger partial charge is 0.257 e. The summed E-state index contributed by atoms with van der Waals surface area (Å²) >= 11 is 0. The number of H-pyrrole nitrogens is 1. The van der Waals surface area contributed by atoms with Gasteiger partial charge in [-0.1, -0.05) is 6.07 Å². The van der Waals surface area contributed by atoms with E-state index < -0.39 is 0 Å². The number of nitrogens with one attached hydrogen (secondary N) is 1. The average molecular weight is 246 g/mol. The lowest BCUT2D eigenvalue weighted by Gasteiger charge is -2.28. The van der Waals surface area contributed by atoms with Gasteiger partial charge >= 0.3 is 0 Å². The van der Waals surface area contributed by atoms with E-state index in [9.17, 15) is 4.79 Å². The topological polar surface area (TPSA) is 53.4 Å². The highest BCUT2D eigenvalue weighted by molar-refractivity contribution is 5.37. The van der Waals surface area contributed by atoms with Gasteiger partial charge in [0.25, 0.3) is 5.56 Å². The molecule has 0 bridgehead atoms. The molecule has 1 aliphatic rings. The lowest BCUT2D eigenvalue weighted by atomic mass is 9.93. The molecule has 0 unspecified atom stereocenters. The van der Waals surface area contributed by atoms with Gasteiger partial charge in [0.05, 0.1) is 0 Å². The van der Waals surface area contributed by atoms with Crippen molar-refractivity contribution in [3.05, 3.63) is 34.4 Å². The monoisotopic (exact) mass is 246 g/mol. The van der Waals surface area contributed by atoms with Gasteiger partial charge in [-0.25, -0.2) is 4.40 Å². The Balaban J connectivity index is 1.85. The summed E-state index contributed by atoms with van der Waals surface area (Å²) in [6.07, 6.45) is 3.26. The van der Waals surface area contributed by atoms with Gasteiger partial charge in [-0.3, -0.25) is 9.89 Å². The van der Waals surface area contributed by atoms with Crippen LogP contribution >= 0.6 is 0 Å². The fraction of sp³-hybridized carbons (Fsp3) is 0.538. The number of nitrogens with zero attached hydrogens (tertiary/aromatic N) is 3. The van der Waals surface area contributed by atoms with Crippen molar-refractivity contribution in [2.75, 3.05) is 20.1 Å². The van der Waals surface area contributed by atoms with Crippen LogP contribution in [0.4, 0.5) is 0 Å². The third-order valence-electron chi connectivity index (χ3n) is 3.82. The molecule has 5 heteroatoms. The van der Waals surface area contributed by atoms with Crippen molar-refractivity contribution in [3.63, 3.8) is 0 Å². The van der Waals surface area contributed by atoms with Crippen LogP contribution in [-0.2, 0) is 6.42 Å². The van der Waals surface area contributed by atoms with Crippen LogP contribution in [0.15, 0.2) is 23.0 Å². The lowest BCUT2D eigenvalue weighted by Crippen LogP contribution is -2.31.